The molecule has 1 saturated heterocycles. The van der Waals surface area contributed by atoms with E-state index in [1.54, 1.807) is 7.11 Å². The van der Waals surface area contributed by atoms with Crippen molar-refractivity contribution < 1.29 is 19.4 Å². The van der Waals surface area contributed by atoms with Crippen LogP contribution in [0.2, 0.25) is 0 Å². The second-order valence-corrected chi connectivity index (χ2v) is 4.93. The van der Waals surface area contributed by atoms with Crippen molar-refractivity contribution in [1.82, 2.24) is 5.32 Å². The fraction of sp³-hybridized carbons (Fsp3) is 0.533. The molecule has 1 aromatic carbocycles. The number of morpholine rings is 1. The van der Waals surface area contributed by atoms with E-state index in [1.807, 2.05) is 12.1 Å². The van der Waals surface area contributed by atoms with Crippen LogP contribution in [-0.4, -0.2) is 51.0 Å². The molecule has 0 atom stereocenters. The summed E-state index contributed by atoms with van der Waals surface area (Å²) < 4.78 is 10.8. The van der Waals surface area contributed by atoms with Crippen LogP contribution in [0.1, 0.15) is 12.0 Å². The Labute approximate surface area is 124 Å². The Morgan fingerprint density at radius 2 is 2.19 bits per heavy atom. The molecule has 0 saturated carbocycles. The molecule has 1 aliphatic heterocycles. The van der Waals surface area contributed by atoms with Gasteiger partial charge < -0.3 is 24.8 Å². The first-order valence-corrected chi connectivity index (χ1v) is 7.13. The summed E-state index contributed by atoms with van der Waals surface area (Å²) in [4.78, 5) is 12.7. The number of ether oxygens (including phenoxy) is 2. The quantitative estimate of drug-likeness (QED) is 0.734. The third-order valence-electron chi connectivity index (χ3n) is 3.44. The Morgan fingerprint density at radius 3 is 2.86 bits per heavy atom. The average Bonchev–Trinajstić information content (AvgIpc) is 2.52. The third kappa shape index (κ3) is 4.61. The van der Waals surface area contributed by atoms with Gasteiger partial charge in [0.2, 0.25) is 0 Å². The van der Waals surface area contributed by atoms with Gasteiger partial charge in [-0.15, -0.1) is 0 Å². The fourth-order valence-corrected chi connectivity index (χ4v) is 2.33. The highest BCUT2D eigenvalue weighted by atomic mass is 16.5. The molecule has 2 rings (SSSR count). The van der Waals surface area contributed by atoms with E-state index in [0.717, 1.165) is 43.3 Å². The van der Waals surface area contributed by atoms with Crippen LogP contribution in [-0.2, 0) is 16.1 Å². The summed E-state index contributed by atoms with van der Waals surface area (Å²) in [6.07, 6.45) is 0.128. The van der Waals surface area contributed by atoms with Crippen molar-refractivity contribution >= 4 is 11.7 Å². The molecular weight excluding hydrogens is 272 g/mol. The number of nitrogens with one attached hydrogen (secondary N) is 1. The lowest BCUT2D eigenvalue weighted by Crippen LogP contribution is -2.36. The zero-order valence-electron chi connectivity index (χ0n) is 12.3. The van der Waals surface area contributed by atoms with Gasteiger partial charge in [0.1, 0.15) is 5.75 Å². The van der Waals surface area contributed by atoms with Crippen LogP contribution >= 0.6 is 0 Å². The summed E-state index contributed by atoms with van der Waals surface area (Å²) in [5.41, 5.74) is 2.16. The Bertz CT molecular complexity index is 473. The molecule has 116 valence electrons. The van der Waals surface area contributed by atoms with Crippen molar-refractivity contribution in [2.75, 3.05) is 44.9 Å². The molecule has 1 aliphatic rings. The highest BCUT2D eigenvalue weighted by Crippen LogP contribution is 2.29. The number of anilines is 1. The molecule has 0 bridgehead atoms. The zero-order chi connectivity index (χ0) is 15.1. The first-order chi connectivity index (χ1) is 10.2. The summed E-state index contributed by atoms with van der Waals surface area (Å²) in [5, 5.41) is 11.7. The number of hydrogen-bond acceptors (Lipinski definition) is 5. The maximum atomic E-state index is 10.5. The Morgan fingerprint density at radius 1 is 1.43 bits per heavy atom. The van der Waals surface area contributed by atoms with Gasteiger partial charge in [-0.3, -0.25) is 4.79 Å². The van der Waals surface area contributed by atoms with Gasteiger partial charge in [-0.25, -0.2) is 0 Å². The minimum absolute atomic E-state index is 0.128. The predicted octanol–water partition coefficient (Wildman–Crippen LogP) is 1.10. The highest BCUT2D eigenvalue weighted by Gasteiger charge is 2.15. The minimum Gasteiger partial charge on any atom is -0.495 e. The Kier molecular flexibility index (Phi) is 5.83. The second kappa shape index (κ2) is 7.85. The number of carboxylic acids is 1. The van der Waals surface area contributed by atoms with E-state index in [1.165, 1.54) is 0 Å². The number of benzene rings is 1. The fourth-order valence-electron chi connectivity index (χ4n) is 2.33. The molecule has 0 unspecified atom stereocenters. The first-order valence-electron chi connectivity index (χ1n) is 7.13. The van der Waals surface area contributed by atoms with Gasteiger partial charge in [-0.05, 0) is 17.7 Å². The molecule has 0 amide bonds. The number of nitrogens with zero attached hydrogens (tertiary/aromatic N) is 1. The molecule has 0 aliphatic carbocycles. The van der Waals surface area contributed by atoms with Crippen molar-refractivity contribution in [3.8, 4) is 5.75 Å². The van der Waals surface area contributed by atoms with E-state index in [0.29, 0.717) is 13.1 Å². The Balaban J connectivity index is 1.96. The SMILES string of the molecule is COc1cc(CNCCC(=O)O)ccc1N1CCOCC1. The van der Waals surface area contributed by atoms with Gasteiger partial charge in [0.15, 0.2) is 0 Å². The molecule has 1 heterocycles. The van der Waals surface area contributed by atoms with E-state index in [4.69, 9.17) is 14.6 Å². The highest BCUT2D eigenvalue weighted by molar-refractivity contribution is 5.66. The molecule has 0 aromatic heterocycles. The number of hydrogen-bond donors (Lipinski definition) is 2. The van der Waals surface area contributed by atoms with Crippen molar-refractivity contribution in [1.29, 1.82) is 0 Å². The van der Waals surface area contributed by atoms with Crippen LogP contribution in [0.15, 0.2) is 18.2 Å². The predicted molar refractivity (Wildman–Crippen MR) is 80.0 cm³/mol. The topological polar surface area (TPSA) is 71.0 Å². The molecule has 21 heavy (non-hydrogen) atoms. The molecule has 6 nitrogen and oxygen atoms in total. The van der Waals surface area contributed by atoms with Crippen molar-refractivity contribution in [2.45, 2.75) is 13.0 Å². The summed E-state index contributed by atoms with van der Waals surface area (Å²) >= 11 is 0. The average molecular weight is 294 g/mol. The third-order valence-corrected chi connectivity index (χ3v) is 3.44. The number of rotatable bonds is 7. The summed E-state index contributed by atoms with van der Waals surface area (Å²) in [7, 11) is 1.67. The molecule has 6 heteroatoms. The maximum Gasteiger partial charge on any atom is 0.304 e. The monoisotopic (exact) mass is 294 g/mol. The standard InChI is InChI=1S/C15H22N2O4/c1-20-14-10-12(11-16-5-4-15(18)19)2-3-13(14)17-6-8-21-9-7-17/h2-3,10,16H,4-9,11H2,1H3,(H,18,19). The summed E-state index contributed by atoms with van der Waals surface area (Å²) in [6, 6.07) is 6.10. The molecule has 1 aromatic rings. The first kappa shape index (κ1) is 15.6. The van der Waals surface area contributed by atoms with Crippen molar-refractivity contribution in [2.24, 2.45) is 0 Å². The van der Waals surface area contributed by atoms with Crippen LogP contribution in [0.25, 0.3) is 0 Å². The number of methoxy groups -OCH3 is 1. The lowest BCUT2D eigenvalue weighted by Gasteiger charge is -2.30. The lowest BCUT2D eigenvalue weighted by atomic mass is 10.1. The summed E-state index contributed by atoms with van der Waals surface area (Å²) in [6.45, 7) is 4.30. The summed E-state index contributed by atoms with van der Waals surface area (Å²) in [5.74, 6) is 0.0529. The number of carbonyl (C=O) groups is 1. The molecule has 2 N–H and O–H groups in total. The molecule has 0 radical (unpaired) electrons. The normalized spacial score (nSPS) is 15.0. The largest absolute Gasteiger partial charge is 0.495 e. The van der Waals surface area contributed by atoms with Gasteiger partial charge in [0.05, 0.1) is 32.4 Å². The van der Waals surface area contributed by atoms with E-state index in [2.05, 4.69) is 16.3 Å². The van der Waals surface area contributed by atoms with E-state index >= 15 is 0 Å². The minimum atomic E-state index is -0.789. The van der Waals surface area contributed by atoms with Gasteiger partial charge in [0.25, 0.3) is 0 Å². The Hall–Kier alpha value is -1.79. The van der Waals surface area contributed by atoms with Gasteiger partial charge >= 0.3 is 5.97 Å². The van der Waals surface area contributed by atoms with Gasteiger partial charge in [-0.1, -0.05) is 6.07 Å². The van der Waals surface area contributed by atoms with Crippen LogP contribution in [0, 0.1) is 0 Å². The van der Waals surface area contributed by atoms with E-state index in [9.17, 15) is 4.79 Å². The molecule has 0 spiro atoms. The van der Waals surface area contributed by atoms with Gasteiger partial charge in [-0.2, -0.15) is 0 Å². The molecular formula is C15H22N2O4. The van der Waals surface area contributed by atoms with Gasteiger partial charge in [0, 0.05) is 26.2 Å². The van der Waals surface area contributed by atoms with Crippen LogP contribution in [0.5, 0.6) is 5.75 Å². The maximum absolute atomic E-state index is 10.5. The second-order valence-electron chi connectivity index (χ2n) is 4.93. The zero-order valence-corrected chi connectivity index (χ0v) is 12.3. The van der Waals surface area contributed by atoms with E-state index < -0.39 is 5.97 Å². The van der Waals surface area contributed by atoms with Crippen LogP contribution in [0.3, 0.4) is 0 Å². The number of aliphatic carboxylic acids is 1. The van der Waals surface area contributed by atoms with Crippen LogP contribution < -0.4 is 15.0 Å². The smallest absolute Gasteiger partial charge is 0.304 e. The lowest BCUT2D eigenvalue weighted by molar-refractivity contribution is -0.136. The van der Waals surface area contributed by atoms with Crippen molar-refractivity contribution in [3.05, 3.63) is 23.8 Å². The van der Waals surface area contributed by atoms with Crippen molar-refractivity contribution in [3.63, 3.8) is 0 Å². The number of carboxylic acid groups (broad SMARTS) is 1. The van der Waals surface area contributed by atoms with Crippen LogP contribution in [0.4, 0.5) is 5.69 Å². The molecule has 1 fully saturated rings. The van der Waals surface area contributed by atoms with E-state index in [-0.39, 0.29) is 6.42 Å².